The molecule has 0 saturated heterocycles. The second kappa shape index (κ2) is 8.24. The number of benzene rings is 1. The zero-order chi connectivity index (χ0) is 16.6. The van der Waals surface area contributed by atoms with E-state index < -0.39 is 0 Å². The third-order valence-electron chi connectivity index (χ3n) is 4.19. The Morgan fingerprint density at radius 2 is 1.92 bits per heavy atom. The number of hydrogen-bond acceptors (Lipinski definition) is 5. The van der Waals surface area contributed by atoms with Crippen molar-refractivity contribution in [1.29, 1.82) is 5.41 Å². The molecule has 0 bridgehead atoms. The van der Waals surface area contributed by atoms with Gasteiger partial charge in [0.05, 0.1) is 5.56 Å². The molecule has 0 unspecified atom stereocenters. The standard InChI is InChI=1S/C19H23N5/c20-13-17-18(21-12-11-15-7-3-1-4-8-15)22-14-23-19(17)24-16-9-5-2-6-10-16/h2,5-7,9-10,13-14,20H,1,3-4,8,11-12H2,(H2,21,22,23,24). The van der Waals surface area contributed by atoms with Crippen LogP contribution in [0.15, 0.2) is 48.3 Å². The van der Waals surface area contributed by atoms with E-state index >= 15 is 0 Å². The van der Waals surface area contributed by atoms with Crippen LogP contribution in [0, 0.1) is 5.41 Å². The van der Waals surface area contributed by atoms with Crippen molar-refractivity contribution in [2.75, 3.05) is 17.2 Å². The van der Waals surface area contributed by atoms with Gasteiger partial charge in [0.15, 0.2) is 0 Å². The lowest BCUT2D eigenvalue weighted by molar-refractivity contribution is 0.679. The number of hydrogen-bond donors (Lipinski definition) is 3. The lowest BCUT2D eigenvalue weighted by atomic mass is 9.97. The van der Waals surface area contributed by atoms with Crippen LogP contribution in [0.2, 0.25) is 0 Å². The molecule has 0 radical (unpaired) electrons. The van der Waals surface area contributed by atoms with Gasteiger partial charge >= 0.3 is 0 Å². The number of anilines is 3. The lowest BCUT2D eigenvalue weighted by Gasteiger charge is -2.15. The Morgan fingerprint density at radius 1 is 1.08 bits per heavy atom. The van der Waals surface area contributed by atoms with Gasteiger partial charge in [-0.25, -0.2) is 9.97 Å². The van der Waals surface area contributed by atoms with Crippen molar-refractivity contribution in [2.24, 2.45) is 0 Å². The summed E-state index contributed by atoms with van der Waals surface area (Å²) in [4.78, 5) is 8.58. The smallest absolute Gasteiger partial charge is 0.144 e. The van der Waals surface area contributed by atoms with Crippen LogP contribution >= 0.6 is 0 Å². The first-order valence-electron chi connectivity index (χ1n) is 8.46. The maximum atomic E-state index is 7.73. The number of aromatic nitrogens is 2. The molecular weight excluding hydrogens is 298 g/mol. The quantitative estimate of drug-likeness (QED) is 0.518. The van der Waals surface area contributed by atoms with Crippen molar-refractivity contribution >= 4 is 23.5 Å². The number of para-hydroxylation sites is 1. The Kier molecular flexibility index (Phi) is 5.56. The van der Waals surface area contributed by atoms with Gasteiger partial charge in [-0.15, -0.1) is 0 Å². The van der Waals surface area contributed by atoms with E-state index in [1.807, 2.05) is 30.3 Å². The highest BCUT2D eigenvalue weighted by Crippen LogP contribution is 2.23. The zero-order valence-electron chi connectivity index (χ0n) is 13.8. The molecule has 0 atom stereocenters. The summed E-state index contributed by atoms with van der Waals surface area (Å²) in [5.41, 5.74) is 3.15. The van der Waals surface area contributed by atoms with Gasteiger partial charge in [-0.2, -0.15) is 0 Å². The number of nitrogens with one attached hydrogen (secondary N) is 3. The van der Waals surface area contributed by atoms with Gasteiger partial charge in [0.1, 0.15) is 18.0 Å². The van der Waals surface area contributed by atoms with Crippen LogP contribution < -0.4 is 10.6 Å². The summed E-state index contributed by atoms with van der Waals surface area (Å²) >= 11 is 0. The van der Waals surface area contributed by atoms with Gasteiger partial charge < -0.3 is 16.0 Å². The van der Waals surface area contributed by atoms with Gasteiger partial charge in [0.25, 0.3) is 0 Å². The van der Waals surface area contributed by atoms with E-state index in [1.165, 1.54) is 43.8 Å². The molecule has 1 aromatic carbocycles. The van der Waals surface area contributed by atoms with E-state index in [9.17, 15) is 0 Å². The van der Waals surface area contributed by atoms with Crippen molar-refractivity contribution in [1.82, 2.24) is 9.97 Å². The third-order valence-corrected chi connectivity index (χ3v) is 4.19. The van der Waals surface area contributed by atoms with Crippen LogP contribution in [0.1, 0.15) is 37.7 Å². The van der Waals surface area contributed by atoms with Crippen molar-refractivity contribution in [2.45, 2.75) is 32.1 Å². The second-order valence-corrected chi connectivity index (χ2v) is 5.90. The maximum absolute atomic E-state index is 7.73. The third kappa shape index (κ3) is 4.19. The highest BCUT2D eigenvalue weighted by Gasteiger charge is 2.10. The molecule has 2 aromatic rings. The summed E-state index contributed by atoms with van der Waals surface area (Å²) in [5, 5.41) is 14.3. The molecule has 3 rings (SSSR count). The normalized spacial score (nSPS) is 13.9. The molecule has 1 heterocycles. The van der Waals surface area contributed by atoms with Crippen LogP contribution in [-0.2, 0) is 0 Å². The fourth-order valence-electron chi connectivity index (χ4n) is 2.90. The van der Waals surface area contributed by atoms with Crippen LogP contribution in [0.25, 0.3) is 0 Å². The minimum absolute atomic E-state index is 0.644. The number of nitrogens with zero attached hydrogens (tertiary/aromatic N) is 2. The molecule has 0 aliphatic heterocycles. The van der Waals surface area contributed by atoms with Crippen molar-refractivity contribution in [3.05, 3.63) is 53.9 Å². The molecule has 5 heteroatoms. The van der Waals surface area contributed by atoms with Crippen molar-refractivity contribution in [3.8, 4) is 0 Å². The molecule has 3 N–H and O–H groups in total. The van der Waals surface area contributed by atoms with Gasteiger partial charge in [-0.05, 0) is 44.2 Å². The summed E-state index contributed by atoms with van der Waals surface area (Å²) in [6.07, 6.45) is 11.3. The summed E-state index contributed by atoms with van der Waals surface area (Å²) in [7, 11) is 0. The Bertz CT molecular complexity index is 709. The minimum atomic E-state index is 0.644. The van der Waals surface area contributed by atoms with E-state index in [4.69, 9.17) is 5.41 Å². The van der Waals surface area contributed by atoms with Gasteiger partial charge in [0, 0.05) is 18.4 Å². The molecule has 0 spiro atoms. The summed E-state index contributed by atoms with van der Waals surface area (Å²) < 4.78 is 0. The lowest BCUT2D eigenvalue weighted by Crippen LogP contribution is -2.10. The van der Waals surface area contributed by atoms with E-state index in [1.54, 1.807) is 0 Å². The molecule has 124 valence electrons. The van der Waals surface area contributed by atoms with Gasteiger partial charge in [0.2, 0.25) is 0 Å². The Balaban J connectivity index is 1.67. The zero-order valence-corrected chi connectivity index (χ0v) is 13.8. The molecule has 1 aliphatic carbocycles. The topological polar surface area (TPSA) is 73.7 Å². The highest BCUT2D eigenvalue weighted by atomic mass is 15.1. The minimum Gasteiger partial charge on any atom is -0.369 e. The summed E-state index contributed by atoms with van der Waals surface area (Å²) in [5.74, 6) is 1.35. The molecule has 1 aliphatic rings. The van der Waals surface area contributed by atoms with Crippen LogP contribution in [0.4, 0.5) is 17.3 Å². The number of allylic oxidation sites excluding steroid dienone is 1. The number of rotatable bonds is 7. The average Bonchev–Trinajstić information content (AvgIpc) is 2.64. The van der Waals surface area contributed by atoms with Crippen molar-refractivity contribution in [3.63, 3.8) is 0 Å². The molecular formula is C19H23N5. The Morgan fingerprint density at radius 3 is 2.67 bits per heavy atom. The summed E-state index contributed by atoms with van der Waals surface area (Å²) in [6, 6.07) is 9.84. The van der Waals surface area contributed by atoms with Crippen LogP contribution in [-0.4, -0.2) is 22.7 Å². The SMILES string of the molecule is N=Cc1c(NCCC2=CCCCC2)ncnc1Nc1ccccc1. The second-order valence-electron chi connectivity index (χ2n) is 5.90. The molecule has 0 amide bonds. The molecule has 24 heavy (non-hydrogen) atoms. The van der Waals surface area contributed by atoms with Crippen LogP contribution in [0.5, 0.6) is 0 Å². The average molecular weight is 321 g/mol. The predicted octanol–water partition coefficient (Wildman–Crippen LogP) is 4.52. The van der Waals surface area contributed by atoms with Crippen LogP contribution in [0.3, 0.4) is 0 Å². The first kappa shape index (κ1) is 16.2. The first-order valence-corrected chi connectivity index (χ1v) is 8.46. The van der Waals surface area contributed by atoms with Gasteiger partial charge in [-0.3, -0.25) is 0 Å². The van der Waals surface area contributed by atoms with Gasteiger partial charge in [-0.1, -0.05) is 29.8 Å². The largest absolute Gasteiger partial charge is 0.369 e. The monoisotopic (exact) mass is 321 g/mol. The Labute approximate surface area is 142 Å². The van der Waals surface area contributed by atoms with E-state index in [2.05, 4.69) is 26.7 Å². The molecule has 1 aromatic heterocycles. The molecule has 0 fully saturated rings. The summed E-state index contributed by atoms with van der Waals surface area (Å²) in [6.45, 7) is 0.828. The van der Waals surface area contributed by atoms with Crippen molar-refractivity contribution < 1.29 is 0 Å². The first-order chi connectivity index (χ1) is 11.9. The fourth-order valence-corrected chi connectivity index (χ4v) is 2.90. The molecule has 5 nitrogen and oxygen atoms in total. The fraction of sp³-hybridized carbons (Fsp3) is 0.316. The molecule has 0 saturated carbocycles. The van der Waals surface area contributed by atoms with E-state index in [-0.39, 0.29) is 0 Å². The van der Waals surface area contributed by atoms with E-state index in [0.29, 0.717) is 17.2 Å². The Hall–Kier alpha value is -2.69. The van der Waals surface area contributed by atoms with E-state index in [0.717, 1.165) is 18.7 Å². The highest BCUT2D eigenvalue weighted by molar-refractivity contribution is 5.91. The maximum Gasteiger partial charge on any atom is 0.144 e. The predicted molar refractivity (Wildman–Crippen MR) is 99.3 cm³/mol.